The quantitative estimate of drug-likeness (QED) is 0.356. The molecule has 1 N–H and O–H groups in total. The molecular weight excluding hydrogens is 439 g/mol. The van der Waals surface area contributed by atoms with Crippen molar-refractivity contribution in [1.29, 1.82) is 0 Å². The molecule has 0 radical (unpaired) electrons. The van der Waals surface area contributed by atoms with E-state index in [9.17, 15) is 9.18 Å². The van der Waals surface area contributed by atoms with Crippen LogP contribution in [0.4, 0.5) is 4.39 Å². The summed E-state index contributed by atoms with van der Waals surface area (Å²) in [6, 6.07) is 12.9. The Morgan fingerprint density at radius 3 is 2.43 bits per heavy atom. The molecule has 1 aliphatic heterocycles. The van der Waals surface area contributed by atoms with Crippen molar-refractivity contribution < 1.29 is 9.18 Å². The maximum absolute atomic E-state index is 14.0. The first kappa shape index (κ1) is 21.0. The van der Waals surface area contributed by atoms with Gasteiger partial charge in [-0.2, -0.15) is 0 Å². The van der Waals surface area contributed by atoms with E-state index in [0.29, 0.717) is 23.7 Å². The van der Waals surface area contributed by atoms with Gasteiger partial charge in [0.2, 0.25) is 0 Å². The highest BCUT2D eigenvalue weighted by atomic mass is 19.1. The van der Waals surface area contributed by atoms with E-state index in [0.717, 1.165) is 72.1 Å². The second-order valence-corrected chi connectivity index (χ2v) is 10.7. The van der Waals surface area contributed by atoms with Crippen LogP contribution in [0.15, 0.2) is 48.7 Å². The number of imidazole rings is 1. The van der Waals surface area contributed by atoms with Gasteiger partial charge in [-0.15, -0.1) is 0 Å². The van der Waals surface area contributed by atoms with Crippen LogP contribution in [-0.4, -0.2) is 38.8 Å². The van der Waals surface area contributed by atoms with Gasteiger partial charge >= 0.3 is 0 Å². The summed E-state index contributed by atoms with van der Waals surface area (Å²) in [6.07, 6.45) is 8.93. The highest BCUT2D eigenvalue weighted by molar-refractivity contribution is 5.98. The highest BCUT2D eigenvalue weighted by Crippen LogP contribution is 2.52. The van der Waals surface area contributed by atoms with E-state index < -0.39 is 0 Å². The topological polar surface area (TPSA) is 61.6 Å². The molecule has 2 saturated carbocycles. The number of hydrogen-bond donors (Lipinski definition) is 1. The Balaban J connectivity index is 1.13. The van der Waals surface area contributed by atoms with Crippen molar-refractivity contribution in [2.75, 3.05) is 13.1 Å². The van der Waals surface area contributed by atoms with Gasteiger partial charge in [-0.3, -0.25) is 9.78 Å². The number of H-pyrrole nitrogens is 1. The summed E-state index contributed by atoms with van der Waals surface area (Å²) in [4.78, 5) is 27.4. The average molecular weight is 469 g/mol. The zero-order valence-electron chi connectivity index (χ0n) is 19.7. The Morgan fingerprint density at radius 2 is 1.69 bits per heavy atom. The number of amides is 1. The minimum atomic E-state index is -0.196. The lowest BCUT2D eigenvalue weighted by atomic mass is 9.72. The van der Waals surface area contributed by atoms with Gasteiger partial charge in [0.15, 0.2) is 0 Å². The molecule has 3 fully saturated rings. The summed E-state index contributed by atoms with van der Waals surface area (Å²) < 4.78 is 14.0. The number of pyridine rings is 1. The second kappa shape index (κ2) is 8.14. The Labute approximate surface area is 203 Å². The van der Waals surface area contributed by atoms with E-state index in [-0.39, 0.29) is 11.7 Å². The summed E-state index contributed by atoms with van der Waals surface area (Å²) in [5, 5.41) is 0.958. The molecule has 7 rings (SSSR count). The zero-order chi connectivity index (χ0) is 23.5. The molecule has 0 bridgehead atoms. The molecule has 0 spiro atoms. The Bertz CT molecular complexity index is 1430. The summed E-state index contributed by atoms with van der Waals surface area (Å²) in [6.45, 7) is 1.73. The number of halogens is 1. The number of carbonyl (C=O) groups is 1. The van der Waals surface area contributed by atoms with Crippen molar-refractivity contribution in [2.45, 2.75) is 50.4 Å². The number of hydrogen-bond acceptors (Lipinski definition) is 3. The van der Waals surface area contributed by atoms with Crippen LogP contribution in [0.5, 0.6) is 0 Å². The van der Waals surface area contributed by atoms with Crippen LogP contribution < -0.4 is 0 Å². The van der Waals surface area contributed by atoms with Crippen LogP contribution >= 0.6 is 0 Å². The Kier molecular flexibility index (Phi) is 4.90. The molecule has 3 heterocycles. The minimum Gasteiger partial charge on any atom is -0.342 e. The SMILES string of the molecule is O=C(c1ccc2nc(C(C3CCC(c4ccnc5ccc(F)cc45)CC3)C3CC3)[nH]c2c1)N1CC1. The van der Waals surface area contributed by atoms with Gasteiger partial charge in [0.25, 0.3) is 5.91 Å². The Hall–Kier alpha value is -3.28. The molecule has 1 atom stereocenters. The lowest BCUT2D eigenvalue weighted by Crippen LogP contribution is -2.22. The molecule has 1 unspecified atom stereocenters. The molecule has 2 aromatic heterocycles. The molecule has 3 aliphatic rings. The standard InChI is InChI=1S/C29H29FN4O/c30-21-8-10-24-23(16-21)22(11-12-31-24)17-1-3-18(4-2-17)27(19-5-6-19)28-32-25-9-7-20(15-26(25)33-28)29(35)34-13-14-34/h7-12,15-19,27H,1-6,13-14H2,(H,32,33). The first-order valence-electron chi connectivity index (χ1n) is 13.0. The van der Waals surface area contributed by atoms with Gasteiger partial charge in [-0.05, 0) is 104 Å². The monoisotopic (exact) mass is 468 g/mol. The number of rotatable bonds is 5. The van der Waals surface area contributed by atoms with Crippen LogP contribution in [0.25, 0.3) is 21.9 Å². The highest BCUT2D eigenvalue weighted by Gasteiger charge is 2.41. The predicted molar refractivity (Wildman–Crippen MR) is 134 cm³/mol. The van der Waals surface area contributed by atoms with E-state index in [2.05, 4.69) is 16.0 Å². The van der Waals surface area contributed by atoms with E-state index in [1.165, 1.54) is 24.5 Å². The van der Waals surface area contributed by atoms with Crippen molar-refractivity contribution in [2.24, 2.45) is 11.8 Å². The molecule has 35 heavy (non-hydrogen) atoms. The van der Waals surface area contributed by atoms with Crippen molar-refractivity contribution in [3.8, 4) is 0 Å². The van der Waals surface area contributed by atoms with Crippen molar-refractivity contribution in [3.63, 3.8) is 0 Å². The second-order valence-electron chi connectivity index (χ2n) is 10.7. The number of nitrogens with one attached hydrogen (secondary N) is 1. The van der Waals surface area contributed by atoms with Crippen molar-refractivity contribution in [3.05, 3.63) is 71.4 Å². The van der Waals surface area contributed by atoms with Crippen LogP contribution in [0.3, 0.4) is 0 Å². The number of aromatic amines is 1. The van der Waals surface area contributed by atoms with Crippen LogP contribution in [0, 0.1) is 17.7 Å². The fourth-order valence-corrected chi connectivity index (χ4v) is 6.33. The fourth-order valence-electron chi connectivity index (χ4n) is 6.33. The third kappa shape index (κ3) is 3.89. The van der Waals surface area contributed by atoms with Gasteiger partial charge in [0.1, 0.15) is 11.6 Å². The first-order chi connectivity index (χ1) is 17.1. The first-order valence-corrected chi connectivity index (χ1v) is 13.0. The van der Waals surface area contributed by atoms with Gasteiger partial charge in [-0.25, -0.2) is 9.37 Å². The summed E-state index contributed by atoms with van der Waals surface area (Å²) in [5.74, 6) is 3.21. The summed E-state index contributed by atoms with van der Waals surface area (Å²) in [5.41, 5.74) is 4.78. The molecule has 1 saturated heterocycles. The average Bonchev–Trinajstić information content (AvgIpc) is 3.81. The maximum atomic E-state index is 14.0. The number of carbonyl (C=O) groups excluding carboxylic acids is 1. The molecule has 178 valence electrons. The largest absolute Gasteiger partial charge is 0.342 e. The van der Waals surface area contributed by atoms with Crippen LogP contribution in [-0.2, 0) is 0 Å². The number of fused-ring (bicyclic) bond motifs is 2. The van der Waals surface area contributed by atoms with Crippen LogP contribution in [0.1, 0.15) is 72.1 Å². The predicted octanol–water partition coefficient (Wildman–Crippen LogP) is 6.17. The molecule has 1 amide bonds. The number of aromatic nitrogens is 3. The summed E-state index contributed by atoms with van der Waals surface area (Å²) in [7, 11) is 0. The van der Waals surface area contributed by atoms with Gasteiger partial charge in [0.05, 0.1) is 16.6 Å². The molecule has 5 nitrogen and oxygen atoms in total. The normalized spacial score (nSPS) is 23.1. The smallest absolute Gasteiger partial charge is 0.254 e. The van der Waals surface area contributed by atoms with E-state index in [1.54, 1.807) is 12.1 Å². The van der Waals surface area contributed by atoms with E-state index in [1.807, 2.05) is 29.3 Å². The van der Waals surface area contributed by atoms with Gasteiger partial charge in [-0.1, -0.05) is 0 Å². The van der Waals surface area contributed by atoms with E-state index in [4.69, 9.17) is 4.98 Å². The lowest BCUT2D eigenvalue weighted by molar-refractivity contribution is 0.0885. The number of benzene rings is 2. The molecule has 2 aliphatic carbocycles. The third-order valence-electron chi connectivity index (χ3n) is 8.38. The van der Waals surface area contributed by atoms with Crippen molar-refractivity contribution in [1.82, 2.24) is 19.9 Å². The lowest BCUT2D eigenvalue weighted by Gasteiger charge is -2.34. The van der Waals surface area contributed by atoms with Gasteiger partial charge < -0.3 is 9.88 Å². The number of nitrogens with zero attached hydrogens (tertiary/aromatic N) is 3. The van der Waals surface area contributed by atoms with E-state index >= 15 is 0 Å². The molecule has 2 aromatic carbocycles. The zero-order valence-corrected chi connectivity index (χ0v) is 19.7. The third-order valence-corrected chi connectivity index (χ3v) is 8.38. The molecule has 4 aromatic rings. The summed E-state index contributed by atoms with van der Waals surface area (Å²) >= 11 is 0. The molecule has 6 heteroatoms. The van der Waals surface area contributed by atoms with Gasteiger partial charge in [0, 0.05) is 36.2 Å². The fraction of sp³-hybridized carbons (Fsp3) is 0.414. The molecular formula is C29H29FN4O. The van der Waals surface area contributed by atoms with Crippen LogP contribution in [0.2, 0.25) is 0 Å². The van der Waals surface area contributed by atoms with Crippen molar-refractivity contribution >= 4 is 27.8 Å². The minimum absolute atomic E-state index is 0.114. The Morgan fingerprint density at radius 1 is 0.943 bits per heavy atom. The maximum Gasteiger partial charge on any atom is 0.254 e.